The summed E-state index contributed by atoms with van der Waals surface area (Å²) in [5.41, 5.74) is 1.25. The van der Waals surface area contributed by atoms with Gasteiger partial charge >= 0.3 is 0 Å². The highest BCUT2D eigenvalue weighted by molar-refractivity contribution is 7.10. The van der Waals surface area contributed by atoms with Gasteiger partial charge in [-0.25, -0.2) is 0 Å². The van der Waals surface area contributed by atoms with E-state index >= 15 is 0 Å². The molecule has 0 amide bonds. The van der Waals surface area contributed by atoms with Crippen molar-refractivity contribution in [1.82, 2.24) is 5.32 Å². The van der Waals surface area contributed by atoms with E-state index in [-0.39, 0.29) is 5.41 Å². The fourth-order valence-electron chi connectivity index (χ4n) is 1.98. The molecular weight excluding hydrogens is 297 g/mol. The lowest BCUT2D eigenvalue weighted by Gasteiger charge is -2.23. The minimum absolute atomic E-state index is 0.135. The summed E-state index contributed by atoms with van der Waals surface area (Å²) in [7, 11) is 0. The normalized spacial score (nSPS) is 11.8. The van der Waals surface area contributed by atoms with Gasteiger partial charge in [0.25, 0.3) is 0 Å². The minimum Gasteiger partial charge on any atom is -0.312 e. The zero-order valence-electron chi connectivity index (χ0n) is 11.0. The van der Waals surface area contributed by atoms with Gasteiger partial charge in [0.2, 0.25) is 0 Å². The number of halogens is 2. The van der Waals surface area contributed by atoms with Gasteiger partial charge in [-0.2, -0.15) is 0 Å². The van der Waals surface area contributed by atoms with Crippen molar-refractivity contribution in [2.75, 3.05) is 6.54 Å². The zero-order valence-corrected chi connectivity index (χ0v) is 13.4. The molecule has 0 bridgehead atoms. The molecule has 0 fully saturated rings. The topological polar surface area (TPSA) is 12.0 Å². The van der Waals surface area contributed by atoms with Gasteiger partial charge in [-0.15, -0.1) is 11.3 Å². The molecule has 0 aliphatic heterocycles. The SMILES string of the molecule is CC(C)(CNCc1cc(Cl)cc(Cl)c1)c1cccs1. The van der Waals surface area contributed by atoms with Crippen LogP contribution in [0.5, 0.6) is 0 Å². The predicted octanol–water partition coefficient (Wildman–Crippen LogP) is 5.12. The van der Waals surface area contributed by atoms with Crippen LogP contribution in [0.3, 0.4) is 0 Å². The Morgan fingerprint density at radius 1 is 1.16 bits per heavy atom. The molecular formula is C15H17Cl2NS. The molecule has 0 unspecified atom stereocenters. The average molecular weight is 314 g/mol. The van der Waals surface area contributed by atoms with Crippen molar-refractivity contribution in [3.8, 4) is 0 Å². The molecule has 102 valence electrons. The molecule has 0 radical (unpaired) electrons. The second kappa shape index (κ2) is 6.27. The molecule has 1 aromatic heterocycles. The fraction of sp³-hybridized carbons (Fsp3) is 0.333. The summed E-state index contributed by atoms with van der Waals surface area (Å²) in [4.78, 5) is 1.39. The van der Waals surface area contributed by atoms with E-state index in [1.165, 1.54) is 4.88 Å². The second-order valence-corrected chi connectivity index (χ2v) is 7.06. The van der Waals surface area contributed by atoms with E-state index in [0.29, 0.717) is 10.0 Å². The molecule has 0 spiro atoms. The second-order valence-electron chi connectivity index (χ2n) is 5.24. The zero-order chi connectivity index (χ0) is 13.9. The van der Waals surface area contributed by atoms with Gasteiger partial charge in [0.05, 0.1) is 0 Å². The lowest BCUT2D eigenvalue weighted by atomic mass is 9.91. The van der Waals surface area contributed by atoms with Crippen molar-refractivity contribution in [1.29, 1.82) is 0 Å². The molecule has 19 heavy (non-hydrogen) atoms. The van der Waals surface area contributed by atoms with Crippen LogP contribution in [-0.2, 0) is 12.0 Å². The molecule has 0 atom stereocenters. The van der Waals surface area contributed by atoms with Crippen LogP contribution < -0.4 is 5.32 Å². The van der Waals surface area contributed by atoms with Gasteiger partial charge < -0.3 is 5.32 Å². The van der Waals surface area contributed by atoms with Gasteiger partial charge in [-0.3, -0.25) is 0 Å². The standard InChI is InChI=1S/C15H17Cl2NS/c1-15(2,14-4-3-5-19-14)10-18-9-11-6-12(16)8-13(17)7-11/h3-8,18H,9-10H2,1-2H3. The summed E-state index contributed by atoms with van der Waals surface area (Å²) in [6, 6.07) is 9.92. The summed E-state index contributed by atoms with van der Waals surface area (Å²) in [6.45, 7) is 6.18. The van der Waals surface area contributed by atoms with Crippen molar-refractivity contribution in [3.05, 3.63) is 56.2 Å². The monoisotopic (exact) mass is 313 g/mol. The third-order valence-electron chi connectivity index (χ3n) is 3.01. The van der Waals surface area contributed by atoms with Crippen LogP contribution in [0.25, 0.3) is 0 Å². The highest BCUT2D eigenvalue weighted by atomic mass is 35.5. The highest BCUT2D eigenvalue weighted by Gasteiger charge is 2.20. The molecule has 0 saturated carbocycles. The van der Waals surface area contributed by atoms with Gasteiger partial charge in [0.1, 0.15) is 0 Å². The molecule has 1 nitrogen and oxygen atoms in total. The van der Waals surface area contributed by atoms with E-state index in [4.69, 9.17) is 23.2 Å². The summed E-state index contributed by atoms with van der Waals surface area (Å²) in [5, 5.41) is 6.96. The van der Waals surface area contributed by atoms with Crippen LogP contribution >= 0.6 is 34.5 Å². The van der Waals surface area contributed by atoms with Gasteiger partial charge in [-0.05, 0) is 35.2 Å². The molecule has 0 aliphatic rings. The van der Waals surface area contributed by atoms with E-state index in [2.05, 4.69) is 36.7 Å². The van der Waals surface area contributed by atoms with Crippen LogP contribution in [0.1, 0.15) is 24.3 Å². The van der Waals surface area contributed by atoms with Crippen LogP contribution in [0.15, 0.2) is 35.7 Å². The van der Waals surface area contributed by atoms with Gasteiger partial charge in [0, 0.05) is 33.4 Å². The Balaban J connectivity index is 1.93. The Kier molecular flexibility index (Phi) is 4.91. The fourth-order valence-corrected chi connectivity index (χ4v) is 3.41. The first-order valence-electron chi connectivity index (χ1n) is 6.17. The highest BCUT2D eigenvalue weighted by Crippen LogP contribution is 2.26. The molecule has 1 aromatic carbocycles. The number of hydrogen-bond donors (Lipinski definition) is 1. The number of hydrogen-bond acceptors (Lipinski definition) is 2. The molecule has 1 heterocycles. The molecule has 4 heteroatoms. The van der Waals surface area contributed by atoms with Crippen LogP contribution in [0, 0.1) is 0 Å². The quantitative estimate of drug-likeness (QED) is 0.807. The van der Waals surface area contributed by atoms with Crippen molar-refractivity contribution < 1.29 is 0 Å². The number of benzene rings is 1. The summed E-state index contributed by atoms with van der Waals surface area (Å²) < 4.78 is 0. The lowest BCUT2D eigenvalue weighted by Crippen LogP contribution is -2.31. The van der Waals surface area contributed by atoms with Gasteiger partial charge in [-0.1, -0.05) is 43.1 Å². The van der Waals surface area contributed by atoms with Crippen LogP contribution in [0.4, 0.5) is 0 Å². The predicted molar refractivity (Wildman–Crippen MR) is 85.5 cm³/mol. The number of nitrogens with one attached hydrogen (secondary N) is 1. The maximum absolute atomic E-state index is 5.99. The third kappa shape index (κ3) is 4.22. The Labute approximate surface area is 128 Å². The molecule has 0 aliphatic carbocycles. The van der Waals surface area contributed by atoms with Crippen molar-refractivity contribution in [2.24, 2.45) is 0 Å². The van der Waals surface area contributed by atoms with Crippen LogP contribution in [-0.4, -0.2) is 6.54 Å². The first-order valence-corrected chi connectivity index (χ1v) is 7.80. The Hall–Kier alpha value is -0.540. The Bertz CT molecular complexity index is 515. The number of rotatable bonds is 5. The summed E-state index contributed by atoms with van der Waals surface area (Å²) in [6.07, 6.45) is 0. The average Bonchev–Trinajstić information content (AvgIpc) is 2.81. The van der Waals surface area contributed by atoms with E-state index < -0.39 is 0 Å². The van der Waals surface area contributed by atoms with Crippen molar-refractivity contribution >= 4 is 34.5 Å². The maximum atomic E-state index is 5.99. The maximum Gasteiger partial charge on any atom is 0.0424 e. The molecule has 0 saturated heterocycles. The smallest absolute Gasteiger partial charge is 0.0424 e. The largest absolute Gasteiger partial charge is 0.312 e. The first kappa shape index (κ1) is 14.9. The van der Waals surface area contributed by atoms with Crippen molar-refractivity contribution in [2.45, 2.75) is 25.8 Å². The minimum atomic E-state index is 0.135. The Morgan fingerprint density at radius 2 is 1.84 bits per heavy atom. The van der Waals surface area contributed by atoms with Crippen molar-refractivity contribution in [3.63, 3.8) is 0 Å². The van der Waals surface area contributed by atoms with Gasteiger partial charge in [0.15, 0.2) is 0 Å². The molecule has 2 aromatic rings. The van der Waals surface area contributed by atoms with E-state index in [0.717, 1.165) is 18.7 Å². The third-order valence-corrected chi connectivity index (χ3v) is 4.68. The summed E-state index contributed by atoms with van der Waals surface area (Å²) in [5.74, 6) is 0. The van der Waals surface area contributed by atoms with Crippen LogP contribution in [0.2, 0.25) is 10.0 Å². The summed E-state index contributed by atoms with van der Waals surface area (Å²) >= 11 is 13.8. The Morgan fingerprint density at radius 3 is 2.42 bits per heavy atom. The van der Waals surface area contributed by atoms with E-state index in [9.17, 15) is 0 Å². The molecule has 2 rings (SSSR count). The first-order chi connectivity index (χ1) is 8.97. The lowest BCUT2D eigenvalue weighted by molar-refractivity contribution is 0.477. The van der Waals surface area contributed by atoms with E-state index in [1.807, 2.05) is 12.1 Å². The van der Waals surface area contributed by atoms with E-state index in [1.54, 1.807) is 17.4 Å². The number of thiophene rings is 1. The molecule has 1 N–H and O–H groups in total.